The van der Waals surface area contributed by atoms with Crippen LogP contribution in [0.1, 0.15) is 0 Å². The molecule has 2 N–H and O–H groups in total. The van der Waals surface area contributed by atoms with Crippen LogP contribution >= 0.6 is 0 Å². The smallest absolute Gasteiger partial charge is 0.315 e. The maximum atomic E-state index is 13.5. The van der Waals surface area contributed by atoms with E-state index in [1.54, 1.807) is 0 Å². The van der Waals surface area contributed by atoms with Gasteiger partial charge in [0.25, 0.3) is 0 Å². The molecule has 3 aromatic rings. The zero-order chi connectivity index (χ0) is 14.5. The van der Waals surface area contributed by atoms with E-state index < -0.39 is 6.08 Å². The Morgan fingerprint density at radius 1 is 0.619 bits per heavy atom. The van der Waals surface area contributed by atoms with Gasteiger partial charge in [0.2, 0.25) is 11.9 Å². The summed E-state index contributed by atoms with van der Waals surface area (Å²) in [6.45, 7) is 0. The molecule has 0 aliphatic carbocycles. The van der Waals surface area contributed by atoms with Gasteiger partial charge in [-0.05, 0) is 24.3 Å². The standard InChI is InChI=1S/C15H12FN5/c16-13-19-14(17-11-7-3-1-4-8-11)21-15(20-13)18-12-9-5-2-6-10-12/h1-10H,(H2,17,18,19,20,21). The number of hydrogen-bond donors (Lipinski definition) is 2. The quantitative estimate of drug-likeness (QED) is 0.766. The summed E-state index contributed by atoms with van der Waals surface area (Å²) >= 11 is 0. The van der Waals surface area contributed by atoms with Crippen molar-refractivity contribution >= 4 is 23.3 Å². The van der Waals surface area contributed by atoms with Crippen LogP contribution in [0.5, 0.6) is 0 Å². The molecular weight excluding hydrogens is 269 g/mol. The van der Waals surface area contributed by atoms with Gasteiger partial charge in [-0.25, -0.2) is 0 Å². The SMILES string of the molecule is Fc1nc(Nc2ccccc2)nc(Nc2ccccc2)n1. The molecule has 0 radical (unpaired) electrons. The van der Waals surface area contributed by atoms with Crippen molar-refractivity contribution in [1.82, 2.24) is 15.0 Å². The molecule has 0 saturated heterocycles. The predicted molar refractivity (Wildman–Crippen MR) is 79.2 cm³/mol. The zero-order valence-electron chi connectivity index (χ0n) is 11.0. The number of hydrogen-bond acceptors (Lipinski definition) is 5. The summed E-state index contributed by atoms with van der Waals surface area (Å²) in [4.78, 5) is 11.4. The fourth-order valence-electron chi connectivity index (χ4n) is 1.76. The number of nitrogens with one attached hydrogen (secondary N) is 2. The van der Waals surface area contributed by atoms with Crippen LogP contribution in [0.15, 0.2) is 60.7 Å². The van der Waals surface area contributed by atoms with Crippen LogP contribution < -0.4 is 10.6 Å². The first-order chi connectivity index (χ1) is 10.3. The molecule has 3 rings (SSSR count). The van der Waals surface area contributed by atoms with Gasteiger partial charge in [0, 0.05) is 11.4 Å². The summed E-state index contributed by atoms with van der Waals surface area (Å²) in [6.07, 6.45) is -0.845. The average Bonchev–Trinajstić information content (AvgIpc) is 2.48. The first kappa shape index (κ1) is 13.0. The monoisotopic (exact) mass is 281 g/mol. The summed E-state index contributed by atoms with van der Waals surface area (Å²) in [7, 11) is 0. The van der Waals surface area contributed by atoms with Crippen molar-refractivity contribution in [2.45, 2.75) is 0 Å². The molecule has 2 aromatic carbocycles. The highest BCUT2D eigenvalue weighted by Crippen LogP contribution is 2.16. The Bertz CT molecular complexity index is 659. The van der Waals surface area contributed by atoms with E-state index in [4.69, 9.17) is 0 Å². The Morgan fingerprint density at radius 2 is 1.05 bits per heavy atom. The lowest BCUT2D eigenvalue weighted by atomic mass is 10.3. The van der Waals surface area contributed by atoms with Crippen LogP contribution in [0.3, 0.4) is 0 Å². The van der Waals surface area contributed by atoms with Gasteiger partial charge in [0.1, 0.15) is 0 Å². The van der Waals surface area contributed by atoms with E-state index in [0.717, 1.165) is 11.4 Å². The molecule has 104 valence electrons. The average molecular weight is 281 g/mol. The third-order valence-corrected chi connectivity index (χ3v) is 2.67. The van der Waals surface area contributed by atoms with Gasteiger partial charge in [0.05, 0.1) is 0 Å². The minimum atomic E-state index is -0.845. The number of anilines is 4. The van der Waals surface area contributed by atoms with Crippen molar-refractivity contribution in [1.29, 1.82) is 0 Å². The maximum absolute atomic E-state index is 13.5. The molecule has 0 fully saturated rings. The second-order valence-electron chi connectivity index (χ2n) is 4.23. The van der Waals surface area contributed by atoms with Crippen LogP contribution in [0, 0.1) is 6.08 Å². The number of halogens is 1. The van der Waals surface area contributed by atoms with Gasteiger partial charge in [0.15, 0.2) is 0 Å². The fourth-order valence-corrected chi connectivity index (χ4v) is 1.76. The normalized spacial score (nSPS) is 10.1. The van der Waals surface area contributed by atoms with Crippen molar-refractivity contribution in [3.63, 3.8) is 0 Å². The van der Waals surface area contributed by atoms with Crippen LogP contribution in [0.4, 0.5) is 27.7 Å². The lowest BCUT2D eigenvalue weighted by Gasteiger charge is -2.07. The van der Waals surface area contributed by atoms with E-state index in [9.17, 15) is 4.39 Å². The third-order valence-electron chi connectivity index (χ3n) is 2.67. The molecule has 21 heavy (non-hydrogen) atoms. The van der Waals surface area contributed by atoms with Crippen LogP contribution in [-0.4, -0.2) is 15.0 Å². The van der Waals surface area contributed by atoms with Gasteiger partial charge in [-0.1, -0.05) is 36.4 Å². The number of benzene rings is 2. The minimum absolute atomic E-state index is 0.145. The molecule has 0 saturated carbocycles. The Hall–Kier alpha value is -3.02. The van der Waals surface area contributed by atoms with E-state index in [1.807, 2.05) is 60.7 Å². The molecule has 6 heteroatoms. The van der Waals surface area contributed by atoms with E-state index >= 15 is 0 Å². The van der Waals surface area contributed by atoms with Gasteiger partial charge in [-0.2, -0.15) is 19.3 Å². The topological polar surface area (TPSA) is 62.7 Å². The van der Waals surface area contributed by atoms with Crippen LogP contribution in [0.25, 0.3) is 0 Å². The zero-order valence-corrected chi connectivity index (χ0v) is 11.0. The van der Waals surface area contributed by atoms with Crippen LogP contribution in [0.2, 0.25) is 0 Å². The molecule has 0 amide bonds. The van der Waals surface area contributed by atoms with Crippen molar-refractivity contribution in [3.8, 4) is 0 Å². The highest BCUT2D eigenvalue weighted by Gasteiger charge is 2.06. The van der Waals surface area contributed by atoms with Gasteiger partial charge >= 0.3 is 6.08 Å². The Labute approximate surface area is 120 Å². The fraction of sp³-hybridized carbons (Fsp3) is 0. The molecule has 0 aliphatic heterocycles. The molecule has 1 aromatic heterocycles. The van der Waals surface area contributed by atoms with Gasteiger partial charge in [-0.15, -0.1) is 0 Å². The van der Waals surface area contributed by atoms with Crippen molar-refractivity contribution in [2.24, 2.45) is 0 Å². The summed E-state index contributed by atoms with van der Waals surface area (Å²) in [5.41, 5.74) is 1.54. The molecule has 1 heterocycles. The van der Waals surface area contributed by atoms with E-state index in [1.165, 1.54) is 0 Å². The van der Waals surface area contributed by atoms with E-state index in [-0.39, 0.29) is 11.9 Å². The Balaban J connectivity index is 1.83. The molecule has 0 spiro atoms. The first-order valence-corrected chi connectivity index (χ1v) is 6.35. The maximum Gasteiger partial charge on any atom is 0.315 e. The molecule has 0 aliphatic rings. The summed E-state index contributed by atoms with van der Waals surface area (Å²) in [5.74, 6) is 0.291. The van der Waals surface area contributed by atoms with Crippen molar-refractivity contribution in [3.05, 3.63) is 66.7 Å². The highest BCUT2D eigenvalue weighted by atomic mass is 19.1. The lowest BCUT2D eigenvalue weighted by Crippen LogP contribution is -2.05. The predicted octanol–water partition coefficient (Wildman–Crippen LogP) is 3.50. The minimum Gasteiger partial charge on any atom is -0.324 e. The van der Waals surface area contributed by atoms with Crippen LogP contribution in [-0.2, 0) is 0 Å². The second-order valence-corrected chi connectivity index (χ2v) is 4.23. The summed E-state index contributed by atoms with van der Waals surface area (Å²) in [6, 6.07) is 18.6. The molecule has 0 unspecified atom stereocenters. The summed E-state index contributed by atoms with van der Waals surface area (Å²) in [5, 5.41) is 5.86. The number of para-hydroxylation sites is 2. The van der Waals surface area contributed by atoms with E-state index in [2.05, 4.69) is 25.6 Å². The number of nitrogens with zero attached hydrogens (tertiary/aromatic N) is 3. The highest BCUT2D eigenvalue weighted by molar-refractivity contribution is 5.56. The molecule has 0 bridgehead atoms. The first-order valence-electron chi connectivity index (χ1n) is 6.35. The summed E-state index contributed by atoms with van der Waals surface area (Å²) < 4.78 is 13.5. The number of aromatic nitrogens is 3. The molecule has 0 atom stereocenters. The molecular formula is C15H12FN5. The van der Waals surface area contributed by atoms with Crippen molar-refractivity contribution in [2.75, 3.05) is 10.6 Å². The number of rotatable bonds is 4. The van der Waals surface area contributed by atoms with Crippen molar-refractivity contribution < 1.29 is 4.39 Å². The van der Waals surface area contributed by atoms with E-state index in [0.29, 0.717) is 0 Å². The Morgan fingerprint density at radius 3 is 1.48 bits per heavy atom. The Kier molecular flexibility index (Phi) is 3.68. The third kappa shape index (κ3) is 3.50. The molecule has 5 nitrogen and oxygen atoms in total. The second kappa shape index (κ2) is 5.96. The van der Waals surface area contributed by atoms with Gasteiger partial charge < -0.3 is 10.6 Å². The lowest BCUT2D eigenvalue weighted by molar-refractivity contribution is 0.537. The van der Waals surface area contributed by atoms with Gasteiger partial charge in [-0.3, -0.25) is 0 Å². The largest absolute Gasteiger partial charge is 0.324 e.